The van der Waals surface area contributed by atoms with Crippen LogP contribution in [0.1, 0.15) is 28.1 Å². The number of hydrogen-bond donors (Lipinski definition) is 2. The second-order valence-corrected chi connectivity index (χ2v) is 9.10. The van der Waals surface area contributed by atoms with Gasteiger partial charge in [0, 0.05) is 17.3 Å². The summed E-state index contributed by atoms with van der Waals surface area (Å²) in [6.45, 7) is 1.08. The van der Waals surface area contributed by atoms with E-state index in [-0.39, 0.29) is 17.9 Å². The highest BCUT2D eigenvalue weighted by Gasteiger charge is 2.29. The third-order valence-corrected chi connectivity index (χ3v) is 6.62. The summed E-state index contributed by atoms with van der Waals surface area (Å²) in [6.07, 6.45) is 2.45. The minimum absolute atomic E-state index is 0.131. The Labute approximate surface area is 190 Å². The second-order valence-electron chi connectivity index (χ2n) is 8.02. The van der Waals surface area contributed by atoms with Gasteiger partial charge in [-0.05, 0) is 54.3 Å². The van der Waals surface area contributed by atoms with Crippen LogP contribution in [0.3, 0.4) is 0 Å². The highest BCUT2D eigenvalue weighted by atomic mass is 32.1. The molecule has 0 spiro atoms. The molecule has 2 aliphatic rings. The first-order valence-electron chi connectivity index (χ1n) is 10.8. The Morgan fingerprint density at radius 2 is 1.75 bits per heavy atom. The summed E-state index contributed by atoms with van der Waals surface area (Å²) in [6, 6.07) is 18.9. The number of carbonyl (C=O) groups excluding carboxylic acids is 2. The Hall–Kier alpha value is -3.32. The molecule has 1 atom stereocenters. The lowest BCUT2D eigenvalue weighted by Crippen LogP contribution is -2.48. The lowest BCUT2D eigenvalue weighted by Gasteiger charge is -2.18. The van der Waals surface area contributed by atoms with Crippen LogP contribution in [0.15, 0.2) is 60.7 Å². The summed E-state index contributed by atoms with van der Waals surface area (Å²) in [5.74, 6) is 1.08. The van der Waals surface area contributed by atoms with Crippen LogP contribution in [-0.2, 0) is 11.2 Å². The van der Waals surface area contributed by atoms with Crippen molar-refractivity contribution in [1.29, 1.82) is 0 Å². The Morgan fingerprint density at radius 3 is 2.53 bits per heavy atom. The summed E-state index contributed by atoms with van der Waals surface area (Å²) in [5.41, 5.74) is 1.97. The SMILES string of the molecule is O=C(NC(Cc1ccccc1)C(=O)NC1CC1)c1ccc(-c2ccc3c(c2)OCCO3)s1. The molecule has 1 saturated carbocycles. The molecule has 32 heavy (non-hydrogen) atoms. The second kappa shape index (κ2) is 9.04. The van der Waals surface area contributed by atoms with Crippen molar-refractivity contribution in [2.75, 3.05) is 13.2 Å². The average Bonchev–Trinajstić information content (AvgIpc) is 3.49. The lowest BCUT2D eigenvalue weighted by molar-refractivity contribution is -0.123. The van der Waals surface area contributed by atoms with Crippen molar-refractivity contribution in [2.24, 2.45) is 0 Å². The smallest absolute Gasteiger partial charge is 0.262 e. The van der Waals surface area contributed by atoms with E-state index in [0.717, 1.165) is 34.6 Å². The number of thiophene rings is 1. The molecule has 2 heterocycles. The van der Waals surface area contributed by atoms with Gasteiger partial charge in [0.2, 0.25) is 5.91 Å². The summed E-state index contributed by atoms with van der Waals surface area (Å²) in [7, 11) is 0. The molecular weight excluding hydrogens is 424 g/mol. The van der Waals surface area contributed by atoms with Crippen molar-refractivity contribution in [3.8, 4) is 21.9 Å². The first-order valence-corrected chi connectivity index (χ1v) is 11.6. The van der Waals surface area contributed by atoms with Crippen molar-refractivity contribution >= 4 is 23.2 Å². The molecule has 2 amide bonds. The van der Waals surface area contributed by atoms with Gasteiger partial charge in [-0.1, -0.05) is 30.3 Å². The van der Waals surface area contributed by atoms with Crippen LogP contribution < -0.4 is 20.1 Å². The van der Waals surface area contributed by atoms with E-state index in [9.17, 15) is 9.59 Å². The zero-order valence-corrected chi connectivity index (χ0v) is 18.3. The molecule has 6 nitrogen and oxygen atoms in total. The van der Waals surface area contributed by atoms with Gasteiger partial charge >= 0.3 is 0 Å². The van der Waals surface area contributed by atoms with Gasteiger partial charge in [-0.25, -0.2) is 0 Å². The number of benzene rings is 2. The monoisotopic (exact) mass is 448 g/mol. The zero-order chi connectivity index (χ0) is 21.9. The minimum Gasteiger partial charge on any atom is -0.486 e. The fraction of sp³-hybridized carbons (Fsp3) is 0.280. The molecule has 1 aliphatic heterocycles. The summed E-state index contributed by atoms with van der Waals surface area (Å²) in [5, 5.41) is 5.96. The van der Waals surface area contributed by atoms with Gasteiger partial charge < -0.3 is 20.1 Å². The van der Waals surface area contributed by atoms with Gasteiger partial charge in [0.05, 0.1) is 4.88 Å². The topological polar surface area (TPSA) is 76.7 Å². The average molecular weight is 449 g/mol. The molecule has 5 rings (SSSR count). The van der Waals surface area contributed by atoms with Gasteiger partial charge in [-0.3, -0.25) is 9.59 Å². The number of amides is 2. The molecule has 0 radical (unpaired) electrons. The van der Waals surface area contributed by atoms with Gasteiger partial charge in [0.25, 0.3) is 5.91 Å². The molecule has 7 heteroatoms. The molecular formula is C25H24N2O4S. The van der Waals surface area contributed by atoms with E-state index in [2.05, 4.69) is 10.6 Å². The Morgan fingerprint density at radius 1 is 0.969 bits per heavy atom. The lowest BCUT2D eigenvalue weighted by atomic mass is 10.1. The van der Waals surface area contributed by atoms with Crippen LogP contribution in [-0.4, -0.2) is 37.1 Å². The predicted molar refractivity (Wildman–Crippen MR) is 123 cm³/mol. The number of ether oxygens (including phenoxy) is 2. The van der Waals surface area contributed by atoms with E-state index in [1.165, 1.54) is 11.3 Å². The predicted octanol–water partition coefficient (Wildman–Crippen LogP) is 3.81. The van der Waals surface area contributed by atoms with Crippen molar-refractivity contribution in [3.63, 3.8) is 0 Å². The molecule has 2 N–H and O–H groups in total. The van der Waals surface area contributed by atoms with Crippen LogP contribution in [0, 0.1) is 0 Å². The summed E-state index contributed by atoms with van der Waals surface area (Å²) in [4.78, 5) is 27.3. The number of rotatable bonds is 7. The van der Waals surface area contributed by atoms with E-state index in [0.29, 0.717) is 30.3 Å². The van der Waals surface area contributed by atoms with Crippen molar-refractivity contribution < 1.29 is 19.1 Å². The molecule has 0 bridgehead atoms. The molecule has 1 aliphatic carbocycles. The third kappa shape index (κ3) is 4.78. The van der Waals surface area contributed by atoms with E-state index < -0.39 is 6.04 Å². The number of hydrogen-bond acceptors (Lipinski definition) is 5. The maximum absolute atomic E-state index is 13.0. The highest BCUT2D eigenvalue weighted by molar-refractivity contribution is 7.17. The van der Waals surface area contributed by atoms with Crippen molar-refractivity contribution in [1.82, 2.24) is 10.6 Å². The maximum atomic E-state index is 13.0. The largest absolute Gasteiger partial charge is 0.486 e. The van der Waals surface area contributed by atoms with Crippen molar-refractivity contribution in [3.05, 3.63) is 71.1 Å². The fourth-order valence-corrected chi connectivity index (χ4v) is 4.54. The van der Waals surface area contributed by atoms with Crippen LogP contribution in [0.2, 0.25) is 0 Å². The van der Waals surface area contributed by atoms with Crippen LogP contribution in [0.4, 0.5) is 0 Å². The highest BCUT2D eigenvalue weighted by Crippen LogP contribution is 2.36. The maximum Gasteiger partial charge on any atom is 0.262 e. The van der Waals surface area contributed by atoms with Gasteiger partial charge in [0.15, 0.2) is 11.5 Å². The Bertz CT molecular complexity index is 1120. The van der Waals surface area contributed by atoms with Crippen molar-refractivity contribution in [2.45, 2.75) is 31.3 Å². The normalized spacial score (nSPS) is 15.6. The van der Waals surface area contributed by atoms with Gasteiger partial charge in [0.1, 0.15) is 19.3 Å². The molecule has 3 aromatic rings. The zero-order valence-electron chi connectivity index (χ0n) is 17.5. The molecule has 164 valence electrons. The minimum atomic E-state index is -0.620. The van der Waals surface area contributed by atoms with E-state index in [1.807, 2.05) is 54.6 Å². The Kier molecular flexibility index (Phi) is 5.81. The number of nitrogens with one attached hydrogen (secondary N) is 2. The van der Waals surface area contributed by atoms with Gasteiger partial charge in [-0.2, -0.15) is 0 Å². The fourth-order valence-electron chi connectivity index (χ4n) is 3.63. The molecule has 2 aromatic carbocycles. The van der Waals surface area contributed by atoms with Crippen LogP contribution >= 0.6 is 11.3 Å². The standard InChI is InChI=1S/C25H24N2O4S/c28-24(26-18-7-8-18)19(14-16-4-2-1-3-5-16)27-25(29)23-11-10-22(32-23)17-6-9-20-21(15-17)31-13-12-30-20/h1-6,9-11,15,18-19H,7-8,12-14H2,(H,26,28)(H,27,29). The Balaban J connectivity index is 1.31. The molecule has 1 aromatic heterocycles. The van der Waals surface area contributed by atoms with Gasteiger partial charge in [-0.15, -0.1) is 11.3 Å². The van der Waals surface area contributed by atoms with E-state index >= 15 is 0 Å². The number of carbonyl (C=O) groups is 2. The van der Waals surface area contributed by atoms with Crippen LogP contribution in [0.5, 0.6) is 11.5 Å². The van der Waals surface area contributed by atoms with E-state index in [4.69, 9.17) is 9.47 Å². The van der Waals surface area contributed by atoms with Crippen LogP contribution in [0.25, 0.3) is 10.4 Å². The quantitative estimate of drug-likeness (QED) is 0.576. The molecule has 1 fully saturated rings. The summed E-state index contributed by atoms with van der Waals surface area (Å²) >= 11 is 1.39. The number of fused-ring (bicyclic) bond motifs is 1. The van der Waals surface area contributed by atoms with E-state index in [1.54, 1.807) is 6.07 Å². The third-order valence-electron chi connectivity index (χ3n) is 5.48. The molecule has 0 saturated heterocycles. The first-order chi connectivity index (χ1) is 15.7. The summed E-state index contributed by atoms with van der Waals surface area (Å²) < 4.78 is 11.2. The first kappa shape index (κ1) is 20.6. The molecule has 1 unspecified atom stereocenters.